The highest BCUT2D eigenvalue weighted by molar-refractivity contribution is 5.67. The molecule has 0 aliphatic heterocycles. The van der Waals surface area contributed by atoms with Crippen LogP contribution in [0.25, 0.3) is 0 Å². The van der Waals surface area contributed by atoms with Crippen molar-refractivity contribution in [1.82, 2.24) is 4.90 Å². The van der Waals surface area contributed by atoms with Gasteiger partial charge in [-0.1, -0.05) is 37.3 Å². The van der Waals surface area contributed by atoms with Crippen LogP contribution in [0.4, 0.5) is 0 Å². The van der Waals surface area contributed by atoms with Crippen molar-refractivity contribution in [2.24, 2.45) is 0 Å². The van der Waals surface area contributed by atoms with Crippen molar-refractivity contribution in [2.45, 2.75) is 18.9 Å². The molecule has 1 aromatic carbocycles. The lowest BCUT2D eigenvalue weighted by atomic mass is 9.87. The first-order chi connectivity index (χ1) is 6.67. The lowest BCUT2D eigenvalue weighted by molar-refractivity contribution is -0.118. The third-order valence-electron chi connectivity index (χ3n) is 2.81. The minimum Gasteiger partial charge on any atom is -0.301 e. The van der Waals surface area contributed by atoms with Gasteiger partial charge in [-0.15, -0.1) is 0 Å². The molecule has 0 spiro atoms. The van der Waals surface area contributed by atoms with E-state index in [4.69, 9.17) is 0 Å². The van der Waals surface area contributed by atoms with Gasteiger partial charge in [0, 0.05) is 0 Å². The molecule has 0 aliphatic carbocycles. The number of aldehydes is 1. The molecule has 0 aliphatic rings. The predicted octanol–water partition coefficient (Wildman–Crippen LogP) is 2.05. The first-order valence-corrected chi connectivity index (χ1v) is 4.86. The molecule has 0 amide bonds. The molecule has 2 heteroatoms. The molecule has 14 heavy (non-hydrogen) atoms. The Bertz CT molecular complexity index is 294. The Morgan fingerprint density at radius 3 is 2.21 bits per heavy atom. The van der Waals surface area contributed by atoms with Crippen molar-refractivity contribution in [2.75, 3.05) is 14.1 Å². The third-order valence-corrected chi connectivity index (χ3v) is 2.81. The molecule has 1 rings (SSSR count). The molecule has 0 heterocycles. The van der Waals surface area contributed by atoms with E-state index < -0.39 is 5.54 Å². The Morgan fingerprint density at radius 2 is 1.86 bits per heavy atom. The van der Waals surface area contributed by atoms with Crippen molar-refractivity contribution >= 4 is 6.29 Å². The Morgan fingerprint density at radius 1 is 1.29 bits per heavy atom. The van der Waals surface area contributed by atoms with Crippen molar-refractivity contribution in [3.63, 3.8) is 0 Å². The number of benzene rings is 1. The fourth-order valence-electron chi connectivity index (χ4n) is 1.76. The second-order valence-electron chi connectivity index (χ2n) is 3.66. The molecule has 2 nitrogen and oxygen atoms in total. The predicted molar refractivity (Wildman–Crippen MR) is 58.2 cm³/mol. The van der Waals surface area contributed by atoms with Crippen molar-refractivity contribution in [1.29, 1.82) is 0 Å². The standard InChI is InChI=1S/C12H17NO/c1-4-12(10-14,13(2)3)11-8-6-5-7-9-11/h5-10H,4H2,1-3H3/t12-/m1/s1. The molecule has 76 valence electrons. The van der Waals surface area contributed by atoms with E-state index in [-0.39, 0.29) is 0 Å². The van der Waals surface area contributed by atoms with E-state index in [2.05, 4.69) is 0 Å². The maximum atomic E-state index is 11.3. The van der Waals surface area contributed by atoms with Gasteiger partial charge in [-0.05, 0) is 26.1 Å². The first kappa shape index (κ1) is 10.9. The summed E-state index contributed by atoms with van der Waals surface area (Å²) >= 11 is 0. The molecule has 0 aromatic heterocycles. The van der Waals surface area contributed by atoms with Gasteiger partial charge in [-0.25, -0.2) is 0 Å². The summed E-state index contributed by atoms with van der Waals surface area (Å²) in [5, 5.41) is 0. The van der Waals surface area contributed by atoms with Gasteiger partial charge in [0.25, 0.3) is 0 Å². The second kappa shape index (κ2) is 4.38. The SMILES string of the molecule is CC[C@@](C=O)(c1ccccc1)N(C)C. The number of hydrogen-bond donors (Lipinski definition) is 0. The van der Waals surface area contributed by atoms with Crippen LogP contribution in [-0.4, -0.2) is 25.3 Å². The van der Waals surface area contributed by atoms with Crippen LogP contribution in [0.2, 0.25) is 0 Å². The van der Waals surface area contributed by atoms with E-state index in [1.54, 1.807) is 0 Å². The molecule has 0 radical (unpaired) electrons. The summed E-state index contributed by atoms with van der Waals surface area (Å²) in [6.45, 7) is 2.03. The van der Waals surface area contributed by atoms with E-state index in [0.29, 0.717) is 0 Å². The van der Waals surface area contributed by atoms with E-state index in [1.165, 1.54) is 0 Å². The largest absolute Gasteiger partial charge is 0.301 e. The van der Waals surface area contributed by atoms with E-state index in [0.717, 1.165) is 18.3 Å². The zero-order valence-corrected chi connectivity index (χ0v) is 9.03. The lowest BCUT2D eigenvalue weighted by Crippen LogP contribution is -2.42. The summed E-state index contributed by atoms with van der Waals surface area (Å²) in [5.74, 6) is 0. The van der Waals surface area contributed by atoms with Crippen LogP contribution in [0, 0.1) is 0 Å². The molecule has 0 fully saturated rings. The molecule has 1 atom stereocenters. The zero-order chi connectivity index (χ0) is 10.6. The molecule has 1 aromatic rings. The normalized spacial score (nSPS) is 15.1. The highest BCUT2D eigenvalue weighted by Gasteiger charge is 2.31. The van der Waals surface area contributed by atoms with Gasteiger partial charge < -0.3 is 4.79 Å². The van der Waals surface area contributed by atoms with Crippen LogP contribution in [0.3, 0.4) is 0 Å². The minimum atomic E-state index is -0.471. The smallest absolute Gasteiger partial charge is 0.144 e. The molecular weight excluding hydrogens is 174 g/mol. The average Bonchev–Trinajstić information content (AvgIpc) is 2.22. The molecular formula is C12H17NO. The summed E-state index contributed by atoms with van der Waals surface area (Å²) in [7, 11) is 3.87. The number of carbonyl (C=O) groups excluding carboxylic acids is 1. The van der Waals surface area contributed by atoms with Gasteiger partial charge in [-0.3, -0.25) is 4.90 Å². The second-order valence-corrected chi connectivity index (χ2v) is 3.66. The number of likely N-dealkylation sites (N-methyl/N-ethyl adjacent to an activating group) is 1. The van der Waals surface area contributed by atoms with Crippen LogP contribution >= 0.6 is 0 Å². The minimum absolute atomic E-state index is 0.471. The van der Waals surface area contributed by atoms with Crippen LogP contribution < -0.4 is 0 Å². The van der Waals surface area contributed by atoms with Gasteiger partial charge in [-0.2, -0.15) is 0 Å². The molecule has 0 bridgehead atoms. The summed E-state index contributed by atoms with van der Waals surface area (Å²) in [4.78, 5) is 13.2. The Labute approximate surface area is 85.5 Å². The van der Waals surface area contributed by atoms with Crippen LogP contribution in [0.15, 0.2) is 30.3 Å². The monoisotopic (exact) mass is 191 g/mol. The van der Waals surface area contributed by atoms with Gasteiger partial charge in [0.15, 0.2) is 0 Å². The van der Waals surface area contributed by atoms with Crippen LogP contribution in [0.1, 0.15) is 18.9 Å². The summed E-state index contributed by atoms with van der Waals surface area (Å²) in [6, 6.07) is 9.89. The quantitative estimate of drug-likeness (QED) is 0.679. The van der Waals surface area contributed by atoms with E-state index in [1.807, 2.05) is 56.3 Å². The van der Waals surface area contributed by atoms with Gasteiger partial charge in [0.05, 0.1) is 0 Å². The Kier molecular flexibility index (Phi) is 3.42. The van der Waals surface area contributed by atoms with Gasteiger partial charge in [0.1, 0.15) is 11.8 Å². The van der Waals surface area contributed by atoms with Gasteiger partial charge in [0.2, 0.25) is 0 Å². The highest BCUT2D eigenvalue weighted by atomic mass is 16.1. The molecule has 0 N–H and O–H groups in total. The fourth-order valence-corrected chi connectivity index (χ4v) is 1.76. The zero-order valence-electron chi connectivity index (χ0n) is 9.03. The summed E-state index contributed by atoms with van der Waals surface area (Å²) in [5.41, 5.74) is 0.587. The van der Waals surface area contributed by atoms with Gasteiger partial charge >= 0.3 is 0 Å². The maximum absolute atomic E-state index is 11.3. The summed E-state index contributed by atoms with van der Waals surface area (Å²) < 4.78 is 0. The van der Waals surface area contributed by atoms with E-state index >= 15 is 0 Å². The van der Waals surface area contributed by atoms with Crippen molar-refractivity contribution in [3.8, 4) is 0 Å². The lowest BCUT2D eigenvalue weighted by Gasteiger charge is -2.34. The number of carbonyl (C=O) groups is 1. The fraction of sp³-hybridized carbons (Fsp3) is 0.417. The molecule has 0 saturated carbocycles. The van der Waals surface area contributed by atoms with Crippen LogP contribution in [0.5, 0.6) is 0 Å². The third kappa shape index (κ3) is 1.70. The highest BCUT2D eigenvalue weighted by Crippen LogP contribution is 2.27. The first-order valence-electron chi connectivity index (χ1n) is 4.86. The van der Waals surface area contributed by atoms with Crippen molar-refractivity contribution in [3.05, 3.63) is 35.9 Å². The molecule has 0 saturated heterocycles. The topological polar surface area (TPSA) is 20.3 Å². The average molecular weight is 191 g/mol. The number of nitrogens with zero attached hydrogens (tertiary/aromatic N) is 1. The van der Waals surface area contributed by atoms with E-state index in [9.17, 15) is 4.79 Å². The molecule has 0 unspecified atom stereocenters. The Balaban J connectivity index is 3.17. The Hall–Kier alpha value is -1.15. The number of rotatable bonds is 4. The number of hydrogen-bond acceptors (Lipinski definition) is 2. The van der Waals surface area contributed by atoms with Crippen molar-refractivity contribution < 1.29 is 4.79 Å². The summed E-state index contributed by atoms with van der Waals surface area (Å²) in [6.07, 6.45) is 1.82. The van der Waals surface area contributed by atoms with Crippen LogP contribution in [-0.2, 0) is 10.3 Å². The maximum Gasteiger partial charge on any atom is 0.144 e.